The Labute approximate surface area is 121 Å². The topological polar surface area (TPSA) is 46.8 Å². The quantitative estimate of drug-likeness (QED) is 0.843. The highest BCUT2D eigenvalue weighted by atomic mass is 35.5. The molecule has 0 N–H and O–H groups in total. The Bertz CT molecular complexity index is 686. The van der Waals surface area contributed by atoms with E-state index in [4.69, 9.17) is 16.3 Å². The number of pyridine rings is 1. The Morgan fingerprint density at radius 1 is 1.50 bits per heavy atom. The summed E-state index contributed by atoms with van der Waals surface area (Å²) in [6.07, 6.45) is 1.59. The van der Waals surface area contributed by atoms with Crippen molar-refractivity contribution >= 4 is 17.2 Å². The van der Waals surface area contributed by atoms with Crippen molar-refractivity contribution in [3.8, 4) is 0 Å². The van der Waals surface area contributed by atoms with Gasteiger partial charge in [0.15, 0.2) is 0 Å². The van der Waals surface area contributed by atoms with Crippen molar-refractivity contribution in [3.63, 3.8) is 0 Å². The third-order valence-corrected chi connectivity index (χ3v) is 3.77. The van der Waals surface area contributed by atoms with Gasteiger partial charge in [0.2, 0.25) is 0 Å². The molecular formula is C14H16ClN3O2. The SMILES string of the molecule is C[C@@H]1COCCN1Cc1cc(=O)n2cc(Cl)ccc2n1. The smallest absolute Gasteiger partial charge is 0.258 e. The van der Waals surface area contributed by atoms with Gasteiger partial charge in [-0.3, -0.25) is 14.1 Å². The van der Waals surface area contributed by atoms with Crippen LogP contribution in [0.3, 0.4) is 0 Å². The van der Waals surface area contributed by atoms with Gasteiger partial charge in [0, 0.05) is 31.4 Å². The highest BCUT2D eigenvalue weighted by molar-refractivity contribution is 6.30. The number of fused-ring (bicyclic) bond motifs is 1. The summed E-state index contributed by atoms with van der Waals surface area (Å²) in [4.78, 5) is 18.9. The molecule has 1 aliphatic rings. The number of halogens is 1. The zero-order valence-corrected chi connectivity index (χ0v) is 12.0. The molecule has 0 aliphatic carbocycles. The average molecular weight is 294 g/mol. The van der Waals surface area contributed by atoms with Gasteiger partial charge < -0.3 is 4.74 Å². The van der Waals surface area contributed by atoms with Gasteiger partial charge in [0.25, 0.3) is 5.56 Å². The molecule has 20 heavy (non-hydrogen) atoms. The molecule has 0 unspecified atom stereocenters. The van der Waals surface area contributed by atoms with Gasteiger partial charge in [-0.25, -0.2) is 4.98 Å². The number of rotatable bonds is 2. The van der Waals surface area contributed by atoms with Crippen LogP contribution in [0.1, 0.15) is 12.6 Å². The van der Waals surface area contributed by atoms with E-state index in [2.05, 4.69) is 16.8 Å². The van der Waals surface area contributed by atoms with Gasteiger partial charge in [0.05, 0.1) is 23.9 Å². The maximum absolute atomic E-state index is 12.1. The molecule has 106 valence electrons. The lowest BCUT2D eigenvalue weighted by atomic mass is 10.2. The molecule has 1 fully saturated rings. The van der Waals surface area contributed by atoms with Crippen molar-refractivity contribution in [3.05, 3.63) is 45.5 Å². The largest absolute Gasteiger partial charge is 0.379 e. The molecule has 1 saturated heterocycles. The Hall–Kier alpha value is -1.43. The van der Waals surface area contributed by atoms with Crippen LogP contribution in [0.25, 0.3) is 5.65 Å². The van der Waals surface area contributed by atoms with Crippen LogP contribution < -0.4 is 5.56 Å². The fraction of sp³-hybridized carbons (Fsp3) is 0.429. The summed E-state index contributed by atoms with van der Waals surface area (Å²) in [6, 6.07) is 5.42. The van der Waals surface area contributed by atoms with Crippen LogP contribution in [-0.4, -0.2) is 40.1 Å². The average Bonchev–Trinajstić information content (AvgIpc) is 2.42. The van der Waals surface area contributed by atoms with Gasteiger partial charge in [-0.05, 0) is 19.1 Å². The summed E-state index contributed by atoms with van der Waals surface area (Å²) in [6.45, 7) is 5.10. The van der Waals surface area contributed by atoms with Crippen molar-refractivity contribution < 1.29 is 4.74 Å². The molecule has 0 bridgehead atoms. The summed E-state index contributed by atoms with van der Waals surface area (Å²) in [5.41, 5.74) is 1.30. The Kier molecular flexibility index (Phi) is 3.74. The minimum atomic E-state index is -0.103. The fourth-order valence-electron chi connectivity index (χ4n) is 2.41. The third-order valence-electron chi connectivity index (χ3n) is 3.55. The van der Waals surface area contributed by atoms with Gasteiger partial charge in [-0.2, -0.15) is 0 Å². The Morgan fingerprint density at radius 2 is 2.35 bits per heavy atom. The van der Waals surface area contributed by atoms with E-state index in [1.807, 2.05) is 0 Å². The molecule has 5 nitrogen and oxygen atoms in total. The molecular weight excluding hydrogens is 278 g/mol. The first-order valence-electron chi connectivity index (χ1n) is 6.63. The van der Waals surface area contributed by atoms with Crippen LogP contribution in [0, 0.1) is 0 Å². The van der Waals surface area contributed by atoms with Crippen molar-refractivity contribution in [2.45, 2.75) is 19.5 Å². The standard InChI is InChI=1S/C14H16ClN3O2/c1-10-9-20-5-4-17(10)8-12-6-14(19)18-7-11(15)2-3-13(18)16-12/h2-3,6-7,10H,4-5,8-9H2,1H3/t10-/m1/s1. The van der Waals surface area contributed by atoms with E-state index in [1.165, 1.54) is 4.40 Å². The fourth-order valence-corrected chi connectivity index (χ4v) is 2.57. The van der Waals surface area contributed by atoms with E-state index >= 15 is 0 Å². The Balaban J connectivity index is 1.92. The summed E-state index contributed by atoms with van der Waals surface area (Å²) in [7, 11) is 0. The number of ether oxygens (including phenoxy) is 1. The van der Waals surface area contributed by atoms with Gasteiger partial charge in [0.1, 0.15) is 5.65 Å². The van der Waals surface area contributed by atoms with Crippen LogP contribution >= 0.6 is 11.6 Å². The zero-order chi connectivity index (χ0) is 14.1. The maximum Gasteiger partial charge on any atom is 0.258 e. The van der Waals surface area contributed by atoms with Crippen molar-refractivity contribution in [2.75, 3.05) is 19.8 Å². The molecule has 2 aromatic heterocycles. The first-order chi connectivity index (χ1) is 9.63. The third kappa shape index (κ3) is 2.70. The molecule has 3 heterocycles. The zero-order valence-electron chi connectivity index (χ0n) is 11.3. The molecule has 1 atom stereocenters. The molecule has 0 radical (unpaired) electrons. The summed E-state index contributed by atoms with van der Waals surface area (Å²) in [5, 5.41) is 0.524. The molecule has 1 aliphatic heterocycles. The van der Waals surface area contributed by atoms with Crippen LogP contribution in [-0.2, 0) is 11.3 Å². The predicted octanol–water partition coefficient (Wildman–Crippen LogP) is 1.57. The molecule has 0 amide bonds. The lowest BCUT2D eigenvalue weighted by Crippen LogP contribution is -2.43. The van der Waals surface area contributed by atoms with E-state index < -0.39 is 0 Å². The maximum atomic E-state index is 12.1. The molecule has 6 heteroatoms. The summed E-state index contributed by atoms with van der Waals surface area (Å²) < 4.78 is 6.88. The van der Waals surface area contributed by atoms with E-state index in [-0.39, 0.29) is 5.56 Å². The van der Waals surface area contributed by atoms with Crippen LogP contribution in [0.2, 0.25) is 5.02 Å². The van der Waals surface area contributed by atoms with Gasteiger partial charge in [-0.1, -0.05) is 11.6 Å². The lowest BCUT2D eigenvalue weighted by molar-refractivity contribution is -0.00490. The highest BCUT2D eigenvalue weighted by Gasteiger charge is 2.19. The first kappa shape index (κ1) is 13.5. The van der Waals surface area contributed by atoms with Gasteiger partial charge >= 0.3 is 0 Å². The summed E-state index contributed by atoms with van der Waals surface area (Å²) >= 11 is 5.90. The minimum Gasteiger partial charge on any atom is -0.379 e. The van der Waals surface area contributed by atoms with Crippen molar-refractivity contribution in [1.29, 1.82) is 0 Å². The normalized spacial score (nSPS) is 20.4. The molecule has 0 saturated carbocycles. The number of hydrogen-bond donors (Lipinski definition) is 0. The predicted molar refractivity (Wildman–Crippen MR) is 77.2 cm³/mol. The lowest BCUT2D eigenvalue weighted by Gasteiger charge is -2.32. The van der Waals surface area contributed by atoms with Crippen molar-refractivity contribution in [2.24, 2.45) is 0 Å². The van der Waals surface area contributed by atoms with Crippen LogP contribution in [0.4, 0.5) is 0 Å². The van der Waals surface area contributed by atoms with E-state index in [0.29, 0.717) is 23.3 Å². The van der Waals surface area contributed by atoms with Gasteiger partial charge in [-0.15, -0.1) is 0 Å². The second-order valence-corrected chi connectivity index (χ2v) is 5.49. The van der Waals surface area contributed by atoms with E-state index in [9.17, 15) is 4.79 Å². The van der Waals surface area contributed by atoms with Crippen LogP contribution in [0.15, 0.2) is 29.2 Å². The number of nitrogens with zero attached hydrogens (tertiary/aromatic N) is 3. The molecule has 0 aromatic carbocycles. The first-order valence-corrected chi connectivity index (χ1v) is 7.01. The molecule has 2 aromatic rings. The number of hydrogen-bond acceptors (Lipinski definition) is 4. The number of morpholine rings is 1. The number of aromatic nitrogens is 2. The second kappa shape index (κ2) is 5.52. The second-order valence-electron chi connectivity index (χ2n) is 5.06. The van der Waals surface area contributed by atoms with E-state index in [1.54, 1.807) is 24.4 Å². The van der Waals surface area contributed by atoms with Crippen molar-refractivity contribution in [1.82, 2.24) is 14.3 Å². The minimum absolute atomic E-state index is 0.103. The summed E-state index contributed by atoms with van der Waals surface area (Å²) in [5.74, 6) is 0. The van der Waals surface area contributed by atoms with E-state index in [0.717, 1.165) is 25.5 Å². The molecule has 3 rings (SSSR count). The molecule has 0 spiro atoms. The monoisotopic (exact) mass is 293 g/mol. The Morgan fingerprint density at radius 3 is 3.15 bits per heavy atom. The highest BCUT2D eigenvalue weighted by Crippen LogP contribution is 2.12. The van der Waals surface area contributed by atoms with Crippen LogP contribution in [0.5, 0.6) is 0 Å².